The summed E-state index contributed by atoms with van der Waals surface area (Å²) in [5.41, 5.74) is 0. The van der Waals surface area contributed by atoms with Crippen LogP contribution in [0.2, 0.25) is 0 Å². The quantitative estimate of drug-likeness (QED) is 0.673. The molecule has 2 nitrogen and oxygen atoms in total. The lowest BCUT2D eigenvalue weighted by Gasteiger charge is -2.29. The Bertz CT molecular complexity index is 237. The van der Waals surface area contributed by atoms with Crippen LogP contribution in [0, 0.1) is 5.92 Å². The van der Waals surface area contributed by atoms with E-state index in [4.69, 9.17) is 0 Å². The molecule has 3 fully saturated rings. The number of carbonyl (C=O) groups is 1. The normalized spacial score (nSPS) is 28.0. The van der Waals surface area contributed by atoms with Crippen LogP contribution in [0.1, 0.15) is 51.4 Å². The molecule has 0 heterocycles. The van der Waals surface area contributed by atoms with Gasteiger partial charge in [0.05, 0.1) is 0 Å². The lowest BCUT2D eigenvalue weighted by atomic mass is 10.2. The van der Waals surface area contributed by atoms with Crippen molar-refractivity contribution in [3.8, 4) is 0 Å². The summed E-state index contributed by atoms with van der Waals surface area (Å²) in [4.78, 5) is 14.4. The average Bonchev–Trinajstić information content (AvgIpc) is 3.06. The van der Waals surface area contributed by atoms with Crippen LogP contribution in [0.3, 0.4) is 0 Å². The van der Waals surface area contributed by atoms with Crippen molar-refractivity contribution in [1.82, 2.24) is 4.90 Å². The maximum Gasteiger partial charge on any atom is 0.226 e. The van der Waals surface area contributed by atoms with Crippen molar-refractivity contribution in [2.45, 2.75) is 63.5 Å². The summed E-state index contributed by atoms with van der Waals surface area (Å²) in [6.07, 6.45) is 10.1. The highest BCUT2D eigenvalue weighted by molar-refractivity contribution is 5.82. The Morgan fingerprint density at radius 3 is 1.93 bits per heavy atom. The molecule has 78 valence electrons. The van der Waals surface area contributed by atoms with Gasteiger partial charge >= 0.3 is 0 Å². The third-order valence-electron chi connectivity index (χ3n) is 3.84. The fourth-order valence-electron chi connectivity index (χ4n) is 2.73. The molecule has 0 bridgehead atoms. The van der Waals surface area contributed by atoms with E-state index in [-0.39, 0.29) is 0 Å². The van der Waals surface area contributed by atoms with Gasteiger partial charge in [-0.3, -0.25) is 4.79 Å². The molecule has 0 aromatic heterocycles. The molecule has 0 aromatic carbocycles. The second-order valence-corrected chi connectivity index (χ2v) is 5.19. The smallest absolute Gasteiger partial charge is 0.226 e. The lowest BCUT2D eigenvalue weighted by molar-refractivity contribution is -0.135. The fraction of sp³-hybridized carbons (Fsp3) is 0.917. The third-order valence-corrected chi connectivity index (χ3v) is 3.84. The van der Waals surface area contributed by atoms with Crippen molar-refractivity contribution in [3.63, 3.8) is 0 Å². The summed E-state index contributed by atoms with van der Waals surface area (Å²) in [5, 5.41) is 0. The fourth-order valence-corrected chi connectivity index (χ4v) is 2.73. The van der Waals surface area contributed by atoms with Crippen LogP contribution in [0.4, 0.5) is 0 Å². The van der Waals surface area contributed by atoms with E-state index in [1.807, 2.05) is 0 Å². The summed E-state index contributed by atoms with van der Waals surface area (Å²) < 4.78 is 0. The highest BCUT2D eigenvalue weighted by atomic mass is 16.2. The third kappa shape index (κ3) is 1.55. The molecule has 0 aliphatic heterocycles. The van der Waals surface area contributed by atoms with Crippen LogP contribution in [0.5, 0.6) is 0 Å². The molecular formula is C12H19NO. The molecule has 0 radical (unpaired) electrons. The number of hydrogen-bond acceptors (Lipinski definition) is 1. The van der Waals surface area contributed by atoms with Crippen molar-refractivity contribution < 1.29 is 4.79 Å². The van der Waals surface area contributed by atoms with Gasteiger partial charge in [-0.1, -0.05) is 12.8 Å². The van der Waals surface area contributed by atoms with Crippen LogP contribution in [-0.2, 0) is 4.79 Å². The van der Waals surface area contributed by atoms with E-state index in [0.29, 0.717) is 23.9 Å². The number of carbonyl (C=O) groups excluding carboxylic acids is 1. The molecule has 3 aliphatic rings. The Hall–Kier alpha value is -0.530. The van der Waals surface area contributed by atoms with Crippen molar-refractivity contribution in [3.05, 3.63) is 0 Å². The van der Waals surface area contributed by atoms with Gasteiger partial charge in [-0.2, -0.15) is 0 Å². The zero-order valence-corrected chi connectivity index (χ0v) is 8.74. The molecule has 0 aromatic rings. The average molecular weight is 193 g/mol. The van der Waals surface area contributed by atoms with E-state index < -0.39 is 0 Å². The van der Waals surface area contributed by atoms with E-state index in [1.54, 1.807) is 0 Å². The van der Waals surface area contributed by atoms with Gasteiger partial charge in [-0.05, 0) is 38.5 Å². The van der Waals surface area contributed by atoms with Crippen LogP contribution in [0.25, 0.3) is 0 Å². The SMILES string of the molecule is O=C(C1CC1)N(C1CCCC1)C1CC1. The van der Waals surface area contributed by atoms with Crippen LogP contribution in [-0.4, -0.2) is 22.9 Å². The molecule has 0 unspecified atom stereocenters. The summed E-state index contributed by atoms with van der Waals surface area (Å²) in [5.74, 6) is 0.926. The molecule has 1 amide bonds. The Labute approximate surface area is 85.7 Å². The minimum Gasteiger partial charge on any atom is -0.336 e. The predicted octanol–water partition coefficient (Wildman–Crippen LogP) is 2.33. The maximum absolute atomic E-state index is 12.1. The highest BCUT2D eigenvalue weighted by Crippen LogP contribution is 2.40. The minimum absolute atomic E-state index is 0.427. The first-order valence-corrected chi connectivity index (χ1v) is 6.18. The van der Waals surface area contributed by atoms with E-state index in [0.717, 1.165) is 12.8 Å². The monoisotopic (exact) mass is 193 g/mol. The lowest BCUT2D eigenvalue weighted by Crippen LogP contribution is -2.41. The summed E-state index contributed by atoms with van der Waals surface area (Å²) in [6, 6.07) is 1.27. The molecule has 0 saturated heterocycles. The summed E-state index contributed by atoms with van der Waals surface area (Å²) in [7, 11) is 0. The van der Waals surface area contributed by atoms with Gasteiger partial charge in [0, 0.05) is 18.0 Å². The summed E-state index contributed by atoms with van der Waals surface area (Å²) in [6.45, 7) is 0. The van der Waals surface area contributed by atoms with Gasteiger partial charge < -0.3 is 4.90 Å². The van der Waals surface area contributed by atoms with Gasteiger partial charge in [0.1, 0.15) is 0 Å². The van der Waals surface area contributed by atoms with Gasteiger partial charge in [0.15, 0.2) is 0 Å². The Balaban J connectivity index is 1.70. The second-order valence-electron chi connectivity index (χ2n) is 5.19. The van der Waals surface area contributed by atoms with E-state index >= 15 is 0 Å². The molecule has 0 spiro atoms. The second kappa shape index (κ2) is 3.25. The van der Waals surface area contributed by atoms with Crippen molar-refractivity contribution in [2.24, 2.45) is 5.92 Å². The van der Waals surface area contributed by atoms with Crippen LogP contribution in [0.15, 0.2) is 0 Å². The van der Waals surface area contributed by atoms with E-state index in [2.05, 4.69) is 4.90 Å². The highest BCUT2D eigenvalue weighted by Gasteiger charge is 2.43. The standard InChI is InChI=1S/C12H19NO/c14-12(9-5-6-9)13(11-7-8-11)10-3-1-2-4-10/h9-11H,1-8H2. The largest absolute Gasteiger partial charge is 0.336 e. The minimum atomic E-state index is 0.427. The molecule has 14 heavy (non-hydrogen) atoms. The molecule has 3 aliphatic carbocycles. The van der Waals surface area contributed by atoms with Crippen LogP contribution < -0.4 is 0 Å². The van der Waals surface area contributed by atoms with Crippen LogP contribution >= 0.6 is 0 Å². The number of amides is 1. The van der Waals surface area contributed by atoms with Gasteiger partial charge in [0.2, 0.25) is 5.91 Å². The maximum atomic E-state index is 12.1. The van der Waals surface area contributed by atoms with Gasteiger partial charge in [-0.25, -0.2) is 0 Å². The first-order valence-electron chi connectivity index (χ1n) is 6.18. The Morgan fingerprint density at radius 1 is 0.857 bits per heavy atom. The molecular weight excluding hydrogens is 174 g/mol. The van der Waals surface area contributed by atoms with Crippen molar-refractivity contribution in [2.75, 3.05) is 0 Å². The van der Waals surface area contributed by atoms with Gasteiger partial charge in [0.25, 0.3) is 0 Å². The number of rotatable bonds is 3. The molecule has 0 N–H and O–H groups in total. The predicted molar refractivity (Wildman–Crippen MR) is 54.8 cm³/mol. The first kappa shape index (κ1) is 8.75. The molecule has 3 rings (SSSR count). The van der Waals surface area contributed by atoms with Gasteiger partial charge in [-0.15, -0.1) is 0 Å². The topological polar surface area (TPSA) is 20.3 Å². The molecule has 2 heteroatoms. The molecule has 0 atom stereocenters. The zero-order valence-electron chi connectivity index (χ0n) is 8.74. The van der Waals surface area contributed by atoms with E-state index in [1.165, 1.54) is 38.5 Å². The van der Waals surface area contributed by atoms with Crippen molar-refractivity contribution >= 4 is 5.91 Å². The molecule has 3 saturated carbocycles. The number of nitrogens with zero attached hydrogens (tertiary/aromatic N) is 1. The number of hydrogen-bond donors (Lipinski definition) is 0. The first-order chi connectivity index (χ1) is 6.86. The summed E-state index contributed by atoms with van der Waals surface area (Å²) >= 11 is 0. The Kier molecular flexibility index (Phi) is 2.03. The Morgan fingerprint density at radius 2 is 1.43 bits per heavy atom. The van der Waals surface area contributed by atoms with E-state index in [9.17, 15) is 4.79 Å². The van der Waals surface area contributed by atoms with Crippen molar-refractivity contribution in [1.29, 1.82) is 0 Å². The zero-order chi connectivity index (χ0) is 9.54.